The molecule has 0 saturated heterocycles. The Morgan fingerprint density at radius 2 is 2.17 bits per heavy atom. The van der Waals surface area contributed by atoms with Gasteiger partial charge in [0, 0.05) is 13.1 Å². The monoisotopic (exact) mass is 242 g/mol. The summed E-state index contributed by atoms with van der Waals surface area (Å²) in [6.45, 7) is 1.75. The van der Waals surface area contributed by atoms with Crippen LogP contribution in [0.15, 0.2) is 36.4 Å². The lowest BCUT2D eigenvalue weighted by Gasteiger charge is -2.23. The minimum absolute atomic E-state index is 0.0926. The molecule has 0 saturated carbocycles. The molecule has 2 aromatic rings. The van der Waals surface area contributed by atoms with Crippen molar-refractivity contribution >= 4 is 16.9 Å². The molecule has 2 heterocycles. The van der Waals surface area contributed by atoms with Gasteiger partial charge in [-0.25, -0.2) is 4.68 Å². The Labute approximate surface area is 105 Å². The summed E-state index contributed by atoms with van der Waals surface area (Å²) < 4.78 is 1.66. The van der Waals surface area contributed by atoms with E-state index in [2.05, 4.69) is 16.4 Å². The smallest absolute Gasteiger partial charge is 0.244 e. The lowest BCUT2D eigenvalue weighted by atomic mass is 10.2. The molecule has 0 atom stereocenters. The van der Waals surface area contributed by atoms with Crippen molar-refractivity contribution in [2.24, 2.45) is 0 Å². The van der Waals surface area contributed by atoms with Crippen LogP contribution in [0, 0.1) is 0 Å². The molecule has 0 bridgehead atoms. The number of benzene rings is 1. The van der Waals surface area contributed by atoms with Crippen molar-refractivity contribution in [2.45, 2.75) is 13.0 Å². The average Bonchev–Trinajstić information content (AvgIpc) is 2.83. The van der Waals surface area contributed by atoms with Crippen LogP contribution in [0.4, 0.5) is 0 Å². The molecule has 1 amide bonds. The highest BCUT2D eigenvalue weighted by molar-refractivity contribution is 5.80. The number of carbonyl (C=O) groups excluding carboxylic acids is 1. The molecule has 5 nitrogen and oxygen atoms in total. The highest BCUT2D eigenvalue weighted by atomic mass is 16.2. The number of nitrogens with zero attached hydrogens (tertiary/aromatic N) is 4. The lowest BCUT2D eigenvalue weighted by Crippen LogP contribution is -2.36. The minimum atomic E-state index is 0.0926. The van der Waals surface area contributed by atoms with E-state index in [0.29, 0.717) is 6.54 Å². The Bertz CT molecular complexity index is 602. The van der Waals surface area contributed by atoms with Crippen LogP contribution in [0.2, 0.25) is 0 Å². The average molecular weight is 242 g/mol. The third-order valence-corrected chi connectivity index (χ3v) is 3.12. The number of fused-ring (bicyclic) bond motifs is 1. The number of rotatable bonds is 2. The summed E-state index contributed by atoms with van der Waals surface area (Å²) in [5.74, 6) is 0.0926. The minimum Gasteiger partial charge on any atom is -0.337 e. The van der Waals surface area contributed by atoms with Crippen molar-refractivity contribution in [3.05, 3.63) is 36.4 Å². The van der Waals surface area contributed by atoms with Crippen LogP contribution in [0.1, 0.15) is 6.42 Å². The standard InChI is InChI=1S/C13H14N4O/c18-13(16-8-4-1-5-9-16)10-17-12-7-3-2-6-11(12)14-15-17/h1-4,6-7H,5,8-10H2. The molecule has 0 spiro atoms. The SMILES string of the molecule is O=C(Cn1nnc2ccccc21)N1CC=CCC1. The van der Waals surface area contributed by atoms with Gasteiger partial charge in [-0.3, -0.25) is 4.79 Å². The van der Waals surface area contributed by atoms with Gasteiger partial charge in [-0.15, -0.1) is 5.10 Å². The predicted molar refractivity (Wildman–Crippen MR) is 67.9 cm³/mol. The maximum Gasteiger partial charge on any atom is 0.244 e. The zero-order valence-corrected chi connectivity index (χ0v) is 9.99. The van der Waals surface area contributed by atoms with Gasteiger partial charge in [0.1, 0.15) is 12.1 Å². The molecule has 18 heavy (non-hydrogen) atoms. The number of hydrogen-bond donors (Lipinski definition) is 0. The first-order valence-corrected chi connectivity index (χ1v) is 6.05. The Morgan fingerprint density at radius 3 is 3.00 bits per heavy atom. The molecule has 1 aliphatic heterocycles. The van der Waals surface area contributed by atoms with Crippen LogP contribution < -0.4 is 0 Å². The van der Waals surface area contributed by atoms with Gasteiger partial charge in [0.15, 0.2) is 0 Å². The maximum atomic E-state index is 12.1. The number of para-hydroxylation sites is 1. The Kier molecular flexibility index (Phi) is 2.80. The Balaban J connectivity index is 1.79. The summed E-state index contributed by atoms with van der Waals surface area (Å²) in [6, 6.07) is 7.67. The maximum absolute atomic E-state index is 12.1. The van der Waals surface area contributed by atoms with E-state index in [4.69, 9.17) is 0 Å². The molecule has 1 aromatic heterocycles. The van der Waals surface area contributed by atoms with E-state index in [1.165, 1.54) is 0 Å². The third-order valence-electron chi connectivity index (χ3n) is 3.12. The number of aromatic nitrogens is 3. The van der Waals surface area contributed by atoms with Crippen molar-refractivity contribution in [3.8, 4) is 0 Å². The van der Waals surface area contributed by atoms with Gasteiger partial charge in [-0.05, 0) is 18.6 Å². The molecule has 0 aliphatic carbocycles. The molecule has 0 fully saturated rings. The lowest BCUT2D eigenvalue weighted by molar-refractivity contribution is -0.131. The first-order chi connectivity index (χ1) is 8.84. The van der Waals surface area contributed by atoms with E-state index in [-0.39, 0.29) is 12.5 Å². The van der Waals surface area contributed by atoms with Crippen LogP contribution in [-0.4, -0.2) is 38.9 Å². The summed E-state index contributed by atoms with van der Waals surface area (Å²) in [5.41, 5.74) is 1.72. The van der Waals surface area contributed by atoms with E-state index >= 15 is 0 Å². The first-order valence-electron chi connectivity index (χ1n) is 6.05. The van der Waals surface area contributed by atoms with Crippen LogP contribution >= 0.6 is 0 Å². The van der Waals surface area contributed by atoms with E-state index in [9.17, 15) is 4.79 Å². The second-order valence-corrected chi connectivity index (χ2v) is 4.34. The molecule has 1 aliphatic rings. The van der Waals surface area contributed by atoms with Crippen molar-refractivity contribution in [2.75, 3.05) is 13.1 Å². The van der Waals surface area contributed by atoms with Crippen LogP contribution in [-0.2, 0) is 11.3 Å². The van der Waals surface area contributed by atoms with Crippen LogP contribution in [0.25, 0.3) is 11.0 Å². The third kappa shape index (κ3) is 1.99. The fraction of sp³-hybridized carbons (Fsp3) is 0.308. The molecule has 0 radical (unpaired) electrons. The Morgan fingerprint density at radius 1 is 1.28 bits per heavy atom. The van der Waals surface area contributed by atoms with Gasteiger partial charge in [-0.2, -0.15) is 0 Å². The van der Waals surface area contributed by atoms with Crippen molar-refractivity contribution in [3.63, 3.8) is 0 Å². The highest BCUT2D eigenvalue weighted by Crippen LogP contribution is 2.10. The van der Waals surface area contributed by atoms with Gasteiger partial charge in [0.05, 0.1) is 5.52 Å². The number of amides is 1. The highest BCUT2D eigenvalue weighted by Gasteiger charge is 2.15. The van der Waals surface area contributed by atoms with Crippen LogP contribution in [0.5, 0.6) is 0 Å². The van der Waals surface area contributed by atoms with Gasteiger partial charge in [0.25, 0.3) is 0 Å². The van der Waals surface area contributed by atoms with Crippen molar-refractivity contribution in [1.29, 1.82) is 0 Å². The molecule has 5 heteroatoms. The molecular formula is C13H14N4O. The molecule has 1 aromatic carbocycles. The van der Waals surface area contributed by atoms with Crippen LogP contribution in [0.3, 0.4) is 0 Å². The van der Waals surface area contributed by atoms with E-state index in [0.717, 1.165) is 24.0 Å². The van der Waals surface area contributed by atoms with E-state index in [1.807, 2.05) is 35.2 Å². The molecule has 0 N–H and O–H groups in total. The molecule has 3 rings (SSSR count). The second-order valence-electron chi connectivity index (χ2n) is 4.34. The summed E-state index contributed by atoms with van der Waals surface area (Å²) in [5, 5.41) is 8.08. The normalized spacial score (nSPS) is 15.2. The number of carbonyl (C=O) groups is 1. The van der Waals surface area contributed by atoms with Gasteiger partial charge < -0.3 is 4.90 Å². The zero-order valence-electron chi connectivity index (χ0n) is 9.99. The topological polar surface area (TPSA) is 51.0 Å². The zero-order chi connectivity index (χ0) is 12.4. The summed E-state index contributed by atoms with van der Waals surface area (Å²) >= 11 is 0. The van der Waals surface area contributed by atoms with Gasteiger partial charge in [0.2, 0.25) is 5.91 Å². The van der Waals surface area contributed by atoms with E-state index < -0.39 is 0 Å². The van der Waals surface area contributed by atoms with Crippen molar-refractivity contribution in [1.82, 2.24) is 19.9 Å². The predicted octanol–water partition coefficient (Wildman–Crippen LogP) is 1.22. The van der Waals surface area contributed by atoms with Gasteiger partial charge in [-0.1, -0.05) is 29.5 Å². The second kappa shape index (κ2) is 4.60. The number of hydrogen-bond acceptors (Lipinski definition) is 3. The fourth-order valence-corrected chi connectivity index (χ4v) is 2.13. The quantitative estimate of drug-likeness (QED) is 0.744. The van der Waals surface area contributed by atoms with Crippen molar-refractivity contribution < 1.29 is 4.79 Å². The Hall–Kier alpha value is -2.17. The summed E-state index contributed by atoms with van der Waals surface area (Å²) in [4.78, 5) is 14.0. The molecule has 0 unspecified atom stereocenters. The largest absolute Gasteiger partial charge is 0.337 e. The molecule has 92 valence electrons. The fourth-order valence-electron chi connectivity index (χ4n) is 2.13. The molecular weight excluding hydrogens is 228 g/mol. The van der Waals surface area contributed by atoms with E-state index in [1.54, 1.807) is 4.68 Å². The first kappa shape index (κ1) is 11.0. The summed E-state index contributed by atoms with van der Waals surface area (Å²) in [7, 11) is 0. The summed E-state index contributed by atoms with van der Waals surface area (Å²) in [6.07, 6.45) is 5.07. The van der Waals surface area contributed by atoms with Gasteiger partial charge >= 0.3 is 0 Å².